The van der Waals surface area contributed by atoms with E-state index in [0.29, 0.717) is 24.7 Å². The molecule has 0 N–H and O–H groups in total. The molecular formula is C25H30N2O4S2. The number of aromatic nitrogens is 1. The number of sulfone groups is 1. The number of amides is 1. The van der Waals surface area contributed by atoms with E-state index in [2.05, 4.69) is 13.0 Å². The molecule has 0 spiro atoms. The number of carbonyl (C=O) groups excluding carboxylic acids is 1. The molecule has 8 heteroatoms. The van der Waals surface area contributed by atoms with E-state index in [9.17, 15) is 13.2 Å². The summed E-state index contributed by atoms with van der Waals surface area (Å²) in [6, 6.07) is 13.3. The SMILES string of the molecule is Cc1ccc2sc(N(CC3CCCO3)C(=O)CCCS(=O)(=O)Cc3ccccc3)nc2c1C. The first-order valence-corrected chi connectivity index (χ1v) is 14.0. The number of anilines is 1. The molecule has 1 unspecified atom stereocenters. The molecule has 33 heavy (non-hydrogen) atoms. The molecule has 0 saturated carbocycles. The number of aryl methyl sites for hydroxylation is 2. The second-order valence-corrected chi connectivity index (χ2v) is 11.9. The Hall–Kier alpha value is -2.29. The highest BCUT2D eigenvalue weighted by molar-refractivity contribution is 7.90. The van der Waals surface area contributed by atoms with Crippen LogP contribution in [0.1, 0.15) is 42.4 Å². The number of hydrogen-bond donors (Lipinski definition) is 0. The fourth-order valence-electron chi connectivity index (χ4n) is 4.09. The highest BCUT2D eigenvalue weighted by atomic mass is 32.2. The van der Waals surface area contributed by atoms with E-state index >= 15 is 0 Å². The quantitative estimate of drug-likeness (QED) is 0.433. The van der Waals surface area contributed by atoms with Crippen molar-refractivity contribution >= 4 is 42.4 Å². The Morgan fingerprint density at radius 3 is 2.70 bits per heavy atom. The van der Waals surface area contributed by atoms with Crippen LogP contribution >= 0.6 is 11.3 Å². The van der Waals surface area contributed by atoms with Gasteiger partial charge in [0.05, 0.1) is 34.4 Å². The predicted octanol–water partition coefficient (Wildman–Crippen LogP) is 4.82. The summed E-state index contributed by atoms with van der Waals surface area (Å²) in [4.78, 5) is 19.8. The normalized spacial score (nSPS) is 16.4. The molecule has 1 amide bonds. The summed E-state index contributed by atoms with van der Waals surface area (Å²) in [6.07, 6.45) is 2.35. The van der Waals surface area contributed by atoms with E-state index in [0.717, 1.165) is 34.2 Å². The summed E-state index contributed by atoms with van der Waals surface area (Å²) >= 11 is 1.50. The predicted molar refractivity (Wildman–Crippen MR) is 134 cm³/mol. The van der Waals surface area contributed by atoms with Crippen molar-refractivity contribution in [3.05, 3.63) is 59.2 Å². The first-order chi connectivity index (χ1) is 15.8. The van der Waals surface area contributed by atoms with Crippen molar-refractivity contribution in [1.29, 1.82) is 0 Å². The highest BCUT2D eigenvalue weighted by Gasteiger charge is 2.26. The molecule has 2 aromatic carbocycles. The number of ether oxygens (including phenoxy) is 1. The minimum atomic E-state index is -3.28. The van der Waals surface area contributed by atoms with Crippen LogP contribution in [0.15, 0.2) is 42.5 Å². The Morgan fingerprint density at radius 2 is 1.97 bits per heavy atom. The van der Waals surface area contributed by atoms with Crippen molar-refractivity contribution in [2.75, 3.05) is 23.8 Å². The second kappa shape index (κ2) is 10.3. The first kappa shape index (κ1) is 23.9. The maximum absolute atomic E-state index is 13.2. The van der Waals surface area contributed by atoms with E-state index in [-0.39, 0.29) is 29.9 Å². The fraction of sp³-hybridized carbons (Fsp3) is 0.440. The smallest absolute Gasteiger partial charge is 0.228 e. The molecule has 2 heterocycles. The largest absolute Gasteiger partial charge is 0.376 e. The zero-order chi connectivity index (χ0) is 23.4. The van der Waals surface area contributed by atoms with E-state index in [1.54, 1.807) is 4.90 Å². The fourth-order valence-corrected chi connectivity index (χ4v) is 6.57. The number of fused-ring (bicyclic) bond motifs is 1. The molecule has 1 aromatic heterocycles. The molecule has 1 aliphatic heterocycles. The van der Waals surface area contributed by atoms with Gasteiger partial charge in [0.2, 0.25) is 5.91 Å². The van der Waals surface area contributed by atoms with Gasteiger partial charge in [0, 0.05) is 13.0 Å². The Kier molecular flexibility index (Phi) is 7.46. The van der Waals surface area contributed by atoms with Crippen LogP contribution in [-0.2, 0) is 25.1 Å². The molecule has 0 radical (unpaired) electrons. The number of nitrogens with zero attached hydrogens (tertiary/aromatic N) is 2. The summed E-state index contributed by atoms with van der Waals surface area (Å²) in [5, 5.41) is 0.659. The van der Waals surface area contributed by atoms with Gasteiger partial charge in [-0.3, -0.25) is 9.69 Å². The average Bonchev–Trinajstić information content (AvgIpc) is 3.45. The summed E-state index contributed by atoms with van der Waals surface area (Å²) in [7, 11) is -3.28. The molecule has 0 bridgehead atoms. The molecule has 1 saturated heterocycles. The number of thiazole rings is 1. The molecular weight excluding hydrogens is 456 g/mol. The Balaban J connectivity index is 1.46. The number of hydrogen-bond acceptors (Lipinski definition) is 6. The minimum Gasteiger partial charge on any atom is -0.376 e. The minimum absolute atomic E-state index is 0.00183. The topological polar surface area (TPSA) is 76.6 Å². The van der Waals surface area contributed by atoms with Crippen LogP contribution < -0.4 is 4.90 Å². The highest BCUT2D eigenvalue weighted by Crippen LogP contribution is 2.33. The number of carbonyl (C=O) groups is 1. The maximum Gasteiger partial charge on any atom is 0.228 e. The molecule has 4 rings (SSSR count). The number of rotatable bonds is 9. The molecule has 1 fully saturated rings. The molecule has 3 aromatic rings. The third-order valence-electron chi connectivity index (χ3n) is 6.09. The van der Waals surface area contributed by atoms with Gasteiger partial charge in [0.1, 0.15) is 0 Å². The third kappa shape index (κ3) is 5.99. The third-order valence-corrected chi connectivity index (χ3v) is 8.82. The molecule has 6 nitrogen and oxygen atoms in total. The summed E-state index contributed by atoms with van der Waals surface area (Å²) < 4.78 is 31.9. The lowest BCUT2D eigenvalue weighted by atomic mass is 10.1. The lowest BCUT2D eigenvalue weighted by molar-refractivity contribution is -0.119. The van der Waals surface area contributed by atoms with Crippen molar-refractivity contribution < 1.29 is 17.9 Å². The molecule has 0 aliphatic carbocycles. The van der Waals surface area contributed by atoms with Gasteiger partial charge in [-0.15, -0.1) is 0 Å². The van der Waals surface area contributed by atoms with Crippen LogP contribution in [0.5, 0.6) is 0 Å². The lowest BCUT2D eigenvalue weighted by Gasteiger charge is -2.23. The van der Waals surface area contributed by atoms with Gasteiger partial charge in [0.15, 0.2) is 15.0 Å². The van der Waals surface area contributed by atoms with Crippen LogP contribution in [-0.4, -0.2) is 44.3 Å². The van der Waals surface area contributed by atoms with Crippen LogP contribution in [0.3, 0.4) is 0 Å². The standard InChI is InChI=1S/C25H30N2O4S2/c1-18-12-13-22-24(19(18)2)26-25(32-22)27(16-21-10-6-14-31-21)23(28)11-7-15-33(29,30)17-20-8-4-3-5-9-20/h3-5,8-9,12-13,21H,6-7,10-11,14-17H2,1-2H3. The molecule has 176 valence electrons. The van der Waals surface area contributed by atoms with Gasteiger partial charge < -0.3 is 4.74 Å². The number of benzene rings is 2. The Labute approximate surface area is 199 Å². The zero-order valence-electron chi connectivity index (χ0n) is 19.1. The summed E-state index contributed by atoms with van der Waals surface area (Å²) in [6.45, 7) is 5.26. The van der Waals surface area contributed by atoms with Crippen LogP contribution in [0.2, 0.25) is 0 Å². The second-order valence-electron chi connectivity index (χ2n) is 8.67. The van der Waals surface area contributed by atoms with Crippen molar-refractivity contribution in [2.45, 2.75) is 51.4 Å². The van der Waals surface area contributed by atoms with E-state index in [1.807, 2.05) is 43.3 Å². The molecule has 1 aliphatic rings. The Morgan fingerprint density at radius 1 is 1.18 bits per heavy atom. The summed E-state index contributed by atoms with van der Waals surface area (Å²) in [5.74, 6) is -0.119. The van der Waals surface area contributed by atoms with E-state index in [4.69, 9.17) is 9.72 Å². The van der Waals surface area contributed by atoms with Crippen LogP contribution in [0, 0.1) is 13.8 Å². The van der Waals surface area contributed by atoms with Crippen molar-refractivity contribution in [2.24, 2.45) is 0 Å². The van der Waals surface area contributed by atoms with E-state index in [1.165, 1.54) is 16.9 Å². The van der Waals surface area contributed by atoms with Crippen molar-refractivity contribution in [3.63, 3.8) is 0 Å². The van der Waals surface area contributed by atoms with Gasteiger partial charge in [-0.2, -0.15) is 0 Å². The monoisotopic (exact) mass is 486 g/mol. The average molecular weight is 487 g/mol. The van der Waals surface area contributed by atoms with Gasteiger partial charge in [-0.1, -0.05) is 47.7 Å². The van der Waals surface area contributed by atoms with Gasteiger partial charge in [0.25, 0.3) is 0 Å². The van der Waals surface area contributed by atoms with E-state index < -0.39 is 9.84 Å². The van der Waals surface area contributed by atoms with Gasteiger partial charge >= 0.3 is 0 Å². The van der Waals surface area contributed by atoms with Gasteiger partial charge in [-0.25, -0.2) is 13.4 Å². The molecule has 1 atom stereocenters. The first-order valence-electron chi connectivity index (χ1n) is 11.4. The zero-order valence-corrected chi connectivity index (χ0v) is 20.8. The van der Waals surface area contributed by atoms with Crippen LogP contribution in [0.4, 0.5) is 5.13 Å². The maximum atomic E-state index is 13.2. The summed E-state index contributed by atoms with van der Waals surface area (Å²) in [5.41, 5.74) is 3.97. The van der Waals surface area contributed by atoms with Gasteiger partial charge in [-0.05, 0) is 55.9 Å². The Bertz CT molecular complexity index is 1220. The lowest BCUT2D eigenvalue weighted by Crippen LogP contribution is -2.37. The van der Waals surface area contributed by atoms with Crippen molar-refractivity contribution in [1.82, 2.24) is 4.98 Å². The van der Waals surface area contributed by atoms with Crippen molar-refractivity contribution in [3.8, 4) is 0 Å². The van der Waals surface area contributed by atoms with Crippen LogP contribution in [0.25, 0.3) is 10.2 Å².